The van der Waals surface area contributed by atoms with Crippen LogP contribution in [-0.2, 0) is 4.79 Å². The zero-order chi connectivity index (χ0) is 13.0. The van der Waals surface area contributed by atoms with Crippen LogP contribution in [0.3, 0.4) is 0 Å². The number of amides is 1. The number of benzene rings is 1. The van der Waals surface area contributed by atoms with Gasteiger partial charge in [-0.3, -0.25) is 4.79 Å². The first-order valence-corrected chi connectivity index (χ1v) is 6.47. The van der Waals surface area contributed by atoms with Gasteiger partial charge in [0, 0.05) is 24.1 Å². The lowest BCUT2D eigenvalue weighted by Gasteiger charge is -2.16. The van der Waals surface area contributed by atoms with Crippen molar-refractivity contribution >= 4 is 5.91 Å². The number of rotatable bonds is 6. The van der Waals surface area contributed by atoms with E-state index in [1.165, 1.54) is 0 Å². The van der Waals surface area contributed by atoms with E-state index in [0.717, 1.165) is 24.2 Å². The van der Waals surface area contributed by atoms with Crippen molar-refractivity contribution in [3.05, 3.63) is 29.8 Å². The molecule has 1 atom stereocenters. The summed E-state index contributed by atoms with van der Waals surface area (Å²) in [6.07, 6.45) is 2.49. The third-order valence-electron chi connectivity index (χ3n) is 2.97. The van der Waals surface area contributed by atoms with E-state index in [9.17, 15) is 4.79 Å². The standard InChI is InChI=1S/C14H20N2O2/c1-2-18-13-6-4-3-5-11(13)12(15)9-14(17)16-10-7-8-10/h3-6,10,12H,2,7-9,15H2,1H3,(H,16,17). The van der Waals surface area contributed by atoms with Crippen LogP contribution in [0.2, 0.25) is 0 Å². The van der Waals surface area contributed by atoms with Crippen LogP contribution in [0.5, 0.6) is 5.75 Å². The van der Waals surface area contributed by atoms with E-state index in [2.05, 4.69) is 5.32 Å². The normalized spacial score (nSPS) is 16.1. The molecule has 1 aromatic rings. The lowest BCUT2D eigenvalue weighted by Crippen LogP contribution is -2.29. The number of para-hydroxylation sites is 1. The molecule has 0 aromatic heterocycles. The van der Waals surface area contributed by atoms with Crippen molar-refractivity contribution < 1.29 is 9.53 Å². The summed E-state index contributed by atoms with van der Waals surface area (Å²) in [4.78, 5) is 11.7. The highest BCUT2D eigenvalue weighted by Crippen LogP contribution is 2.26. The van der Waals surface area contributed by atoms with Crippen molar-refractivity contribution in [1.29, 1.82) is 0 Å². The SMILES string of the molecule is CCOc1ccccc1C(N)CC(=O)NC1CC1. The van der Waals surface area contributed by atoms with Crippen molar-refractivity contribution in [2.24, 2.45) is 5.73 Å². The molecule has 1 aliphatic carbocycles. The fourth-order valence-corrected chi connectivity index (χ4v) is 1.90. The number of carbonyl (C=O) groups excluding carboxylic acids is 1. The van der Waals surface area contributed by atoms with Gasteiger partial charge in [0.05, 0.1) is 6.61 Å². The minimum atomic E-state index is -0.313. The largest absolute Gasteiger partial charge is 0.494 e. The number of nitrogens with two attached hydrogens (primary N) is 1. The number of nitrogens with one attached hydrogen (secondary N) is 1. The Kier molecular flexibility index (Phi) is 4.20. The lowest BCUT2D eigenvalue weighted by molar-refractivity contribution is -0.121. The Morgan fingerprint density at radius 1 is 1.50 bits per heavy atom. The number of hydrogen-bond donors (Lipinski definition) is 2. The van der Waals surface area contributed by atoms with Gasteiger partial charge in [-0.25, -0.2) is 0 Å². The van der Waals surface area contributed by atoms with Gasteiger partial charge in [0.2, 0.25) is 5.91 Å². The minimum absolute atomic E-state index is 0.0244. The van der Waals surface area contributed by atoms with Gasteiger partial charge in [0.25, 0.3) is 0 Å². The number of hydrogen-bond acceptors (Lipinski definition) is 3. The van der Waals surface area contributed by atoms with Crippen molar-refractivity contribution in [2.75, 3.05) is 6.61 Å². The third kappa shape index (κ3) is 3.47. The van der Waals surface area contributed by atoms with Crippen LogP contribution in [0, 0.1) is 0 Å². The minimum Gasteiger partial charge on any atom is -0.494 e. The van der Waals surface area contributed by atoms with Crippen molar-refractivity contribution in [3.8, 4) is 5.75 Å². The van der Waals surface area contributed by atoms with Crippen molar-refractivity contribution in [2.45, 2.75) is 38.3 Å². The Bertz CT molecular complexity index is 416. The summed E-state index contributed by atoms with van der Waals surface area (Å²) in [5.74, 6) is 0.794. The van der Waals surface area contributed by atoms with E-state index >= 15 is 0 Å². The predicted octanol–water partition coefficient (Wildman–Crippen LogP) is 1.75. The molecule has 1 unspecified atom stereocenters. The summed E-state index contributed by atoms with van der Waals surface area (Å²) in [7, 11) is 0. The van der Waals surface area contributed by atoms with Crippen molar-refractivity contribution in [1.82, 2.24) is 5.32 Å². The molecule has 0 heterocycles. The van der Waals surface area contributed by atoms with E-state index in [4.69, 9.17) is 10.5 Å². The predicted molar refractivity (Wildman–Crippen MR) is 70.3 cm³/mol. The van der Waals surface area contributed by atoms with Gasteiger partial charge in [-0.1, -0.05) is 18.2 Å². The molecule has 1 aromatic carbocycles. The van der Waals surface area contributed by atoms with E-state index in [-0.39, 0.29) is 11.9 Å². The lowest BCUT2D eigenvalue weighted by atomic mass is 10.0. The molecule has 0 saturated heterocycles. The van der Waals surface area contributed by atoms with E-state index in [1.807, 2.05) is 31.2 Å². The van der Waals surface area contributed by atoms with Crippen molar-refractivity contribution in [3.63, 3.8) is 0 Å². The van der Waals surface area contributed by atoms with Crippen LogP contribution in [0.1, 0.15) is 37.8 Å². The highest BCUT2D eigenvalue weighted by Gasteiger charge is 2.24. The molecule has 1 aliphatic rings. The second kappa shape index (κ2) is 5.87. The summed E-state index contributed by atoms with van der Waals surface area (Å²) in [5.41, 5.74) is 6.98. The zero-order valence-electron chi connectivity index (χ0n) is 10.7. The highest BCUT2D eigenvalue weighted by molar-refractivity contribution is 5.77. The van der Waals surface area contributed by atoms with E-state index < -0.39 is 0 Å². The van der Waals surface area contributed by atoms with Crippen LogP contribution < -0.4 is 15.8 Å². The van der Waals surface area contributed by atoms with Gasteiger partial charge in [-0.15, -0.1) is 0 Å². The average molecular weight is 248 g/mol. The van der Waals surface area contributed by atoms with Crippen LogP contribution in [0.15, 0.2) is 24.3 Å². The Hall–Kier alpha value is -1.55. The average Bonchev–Trinajstić information content (AvgIpc) is 3.13. The fourth-order valence-electron chi connectivity index (χ4n) is 1.90. The summed E-state index contributed by atoms with van der Waals surface area (Å²) in [6, 6.07) is 7.69. The second-order valence-corrected chi connectivity index (χ2v) is 4.62. The molecule has 0 spiro atoms. The molecule has 3 N–H and O–H groups in total. The van der Waals surface area contributed by atoms with Crippen LogP contribution >= 0.6 is 0 Å². The maximum atomic E-state index is 11.7. The van der Waals surface area contributed by atoms with Gasteiger partial charge < -0.3 is 15.8 Å². The molecule has 4 heteroatoms. The topological polar surface area (TPSA) is 64.3 Å². The van der Waals surface area contributed by atoms with Gasteiger partial charge in [0.15, 0.2) is 0 Å². The first-order chi connectivity index (χ1) is 8.70. The van der Waals surface area contributed by atoms with Gasteiger partial charge >= 0.3 is 0 Å². The first kappa shape index (κ1) is 12.9. The Morgan fingerprint density at radius 2 is 2.22 bits per heavy atom. The summed E-state index contributed by atoms with van der Waals surface area (Å²) >= 11 is 0. The molecular weight excluding hydrogens is 228 g/mol. The number of ether oxygens (including phenoxy) is 1. The van der Waals surface area contributed by atoms with Gasteiger partial charge in [-0.2, -0.15) is 0 Å². The second-order valence-electron chi connectivity index (χ2n) is 4.62. The van der Waals surface area contributed by atoms with E-state index in [1.54, 1.807) is 0 Å². The van der Waals surface area contributed by atoms with Crippen LogP contribution in [0.25, 0.3) is 0 Å². The molecule has 98 valence electrons. The zero-order valence-corrected chi connectivity index (χ0v) is 10.7. The molecule has 0 bridgehead atoms. The van der Waals surface area contributed by atoms with Gasteiger partial charge in [-0.05, 0) is 25.8 Å². The van der Waals surface area contributed by atoms with E-state index in [0.29, 0.717) is 19.1 Å². The van der Waals surface area contributed by atoms with Crippen LogP contribution in [-0.4, -0.2) is 18.6 Å². The molecule has 2 rings (SSSR count). The molecule has 4 nitrogen and oxygen atoms in total. The Morgan fingerprint density at radius 3 is 2.89 bits per heavy atom. The molecule has 0 radical (unpaired) electrons. The highest BCUT2D eigenvalue weighted by atomic mass is 16.5. The fraction of sp³-hybridized carbons (Fsp3) is 0.500. The monoisotopic (exact) mass is 248 g/mol. The molecule has 0 aliphatic heterocycles. The van der Waals surface area contributed by atoms with Crippen LogP contribution in [0.4, 0.5) is 0 Å². The number of carbonyl (C=O) groups is 1. The Labute approximate surface area is 108 Å². The molecular formula is C14H20N2O2. The summed E-state index contributed by atoms with van der Waals surface area (Å²) in [6.45, 7) is 2.53. The molecule has 18 heavy (non-hydrogen) atoms. The molecule has 1 saturated carbocycles. The third-order valence-corrected chi connectivity index (χ3v) is 2.97. The van der Waals surface area contributed by atoms with Gasteiger partial charge in [0.1, 0.15) is 5.75 Å². The summed E-state index contributed by atoms with van der Waals surface area (Å²) < 4.78 is 5.52. The first-order valence-electron chi connectivity index (χ1n) is 6.47. The molecule has 1 amide bonds. The molecule has 1 fully saturated rings. The summed E-state index contributed by atoms with van der Waals surface area (Å²) in [5, 5.41) is 2.95. The maximum Gasteiger partial charge on any atom is 0.222 e. The smallest absolute Gasteiger partial charge is 0.222 e. The quantitative estimate of drug-likeness (QED) is 0.806. The Balaban J connectivity index is 1.98. The maximum absolute atomic E-state index is 11.7.